The maximum Gasteiger partial charge on any atom is 0.262 e. The molecule has 1 N–H and O–H groups in total. The molecule has 0 spiro atoms. The van der Waals surface area contributed by atoms with Crippen molar-refractivity contribution in [2.24, 2.45) is 0 Å². The van der Waals surface area contributed by atoms with Crippen molar-refractivity contribution in [2.45, 2.75) is 13.5 Å². The van der Waals surface area contributed by atoms with E-state index in [1.165, 1.54) is 4.57 Å². The molecule has 0 aliphatic carbocycles. The van der Waals surface area contributed by atoms with Crippen LogP contribution in [-0.2, 0) is 11.3 Å². The fourth-order valence-electron chi connectivity index (χ4n) is 3.59. The van der Waals surface area contributed by atoms with Crippen molar-refractivity contribution in [1.29, 1.82) is 0 Å². The van der Waals surface area contributed by atoms with Crippen LogP contribution in [-0.4, -0.2) is 33.3 Å². The first-order chi connectivity index (χ1) is 14.5. The third-order valence-electron chi connectivity index (χ3n) is 4.90. The number of rotatable bonds is 3. The van der Waals surface area contributed by atoms with Crippen LogP contribution in [0.3, 0.4) is 0 Å². The molecule has 1 aliphatic heterocycles. The number of fused-ring (bicyclic) bond motifs is 4. The molecule has 30 heavy (non-hydrogen) atoms. The molecule has 0 unspecified atom stereocenters. The van der Waals surface area contributed by atoms with Gasteiger partial charge in [-0.1, -0.05) is 23.7 Å². The van der Waals surface area contributed by atoms with Gasteiger partial charge in [0.1, 0.15) is 25.4 Å². The Kier molecular flexibility index (Phi) is 4.36. The highest BCUT2D eigenvalue weighted by Crippen LogP contribution is 2.37. The Morgan fingerprint density at radius 1 is 1.17 bits per heavy atom. The Labute approximate surface area is 175 Å². The first kappa shape index (κ1) is 18.5. The summed E-state index contributed by atoms with van der Waals surface area (Å²) < 4.78 is 14.1. The second-order valence-electron chi connectivity index (χ2n) is 6.99. The zero-order valence-corrected chi connectivity index (χ0v) is 16.8. The van der Waals surface area contributed by atoms with Crippen LogP contribution in [0.1, 0.15) is 5.69 Å². The van der Waals surface area contributed by atoms with Crippen LogP contribution in [0.25, 0.3) is 16.6 Å². The number of halogens is 1. The predicted octanol–water partition coefficient (Wildman–Crippen LogP) is 3.02. The van der Waals surface area contributed by atoms with Gasteiger partial charge in [0.15, 0.2) is 11.5 Å². The number of aryl methyl sites for hydroxylation is 1. The van der Waals surface area contributed by atoms with Crippen LogP contribution in [0.4, 0.5) is 5.69 Å². The lowest BCUT2D eigenvalue weighted by atomic mass is 10.2. The number of carbonyl (C=O) groups excluding carboxylic acids is 1. The number of anilines is 1. The normalized spacial score (nSPS) is 13.0. The highest BCUT2D eigenvalue weighted by molar-refractivity contribution is 6.34. The van der Waals surface area contributed by atoms with E-state index in [-0.39, 0.29) is 12.1 Å². The Balaban J connectivity index is 1.52. The van der Waals surface area contributed by atoms with Gasteiger partial charge in [0.2, 0.25) is 5.91 Å². The molecule has 1 aliphatic rings. The summed E-state index contributed by atoms with van der Waals surface area (Å²) in [5.74, 6) is 0.649. The number of hydrogen-bond acceptors (Lipinski definition) is 5. The second-order valence-corrected chi connectivity index (χ2v) is 7.40. The monoisotopic (exact) mass is 424 g/mol. The smallest absolute Gasteiger partial charge is 0.262 e. The lowest BCUT2D eigenvalue weighted by Gasteiger charge is -2.20. The minimum absolute atomic E-state index is 0.191. The number of amides is 1. The molecule has 0 saturated carbocycles. The zero-order valence-electron chi connectivity index (χ0n) is 16.0. The number of benzene rings is 2. The highest BCUT2D eigenvalue weighted by Gasteiger charge is 2.18. The molecule has 2 aromatic heterocycles. The Bertz CT molecular complexity index is 1380. The number of ether oxygens (including phenoxy) is 2. The van der Waals surface area contributed by atoms with Gasteiger partial charge in [-0.25, -0.2) is 4.52 Å². The summed E-state index contributed by atoms with van der Waals surface area (Å²) >= 11 is 6.28. The molecule has 8 nitrogen and oxygen atoms in total. The van der Waals surface area contributed by atoms with Crippen molar-refractivity contribution in [3.05, 3.63) is 63.5 Å². The topological polar surface area (TPSA) is 86.9 Å². The summed E-state index contributed by atoms with van der Waals surface area (Å²) in [6.45, 7) is 2.52. The van der Waals surface area contributed by atoms with Gasteiger partial charge in [0, 0.05) is 18.2 Å². The maximum atomic E-state index is 13.1. The van der Waals surface area contributed by atoms with Crippen molar-refractivity contribution >= 4 is 39.7 Å². The van der Waals surface area contributed by atoms with Crippen LogP contribution >= 0.6 is 11.6 Å². The van der Waals surface area contributed by atoms with Crippen LogP contribution in [0, 0.1) is 6.92 Å². The van der Waals surface area contributed by atoms with Crippen LogP contribution in [0.5, 0.6) is 11.5 Å². The molecular formula is C21H17ClN4O4. The van der Waals surface area contributed by atoms with E-state index in [1.807, 2.05) is 19.1 Å². The highest BCUT2D eigenvalue weighted by atomic mass is 35.5. The third kappa shape index (κ3) is 3.05. The lowest BCUT2D eigenvalue weighted by Crippen LogP contribution is -2.29. The molecule has 3 heterocycles. The summed E-state index contributed by atoms with van der Waals surface area (Å²) in [6.07, 6.45) is 0. The van der Waals surface area contributed by atoms with Crippen molar-refractivity contribution in [1.82, 2.24) is 14.2 Å². The lowest BCUT2D eigenvalue weighted by molar-refractivity contribution is -0.116. The molecule has 9 heteroatoms. The van der Waals surface area contributed by atoms with E-state index in [0.29, 0.717) is 52.0 Å². The van der Waals surface area contributed by atoms with E-state index in [0.717, 1.165) is 5.69 Å². The van der Waals surface area contributed by atoms with Crippen LogP contribution < -0.4 is 20.3 Å². The van der Waals surface area contributed by atoms with E-state index in [4.69, 9.17) is 21.1 Å². The molecule has 1 amide bonds. The molecule has 0 fully saturated rings. The molecule has 2 aromatic carbocycles. The Hall–Kier alpha value is -3.52. The molecule has 0 atom stereocenters. The SMILES string of the molecule is Cc1cc2n(CC(=O)Nc3cc4c(cc3Cl)OCCO4)c(=O)c3ccccc3n2n1. The summed E-state index contributed by atoms with van der Waals surface area (Å²) in [6, 6.07) is 12.2. The molecule has 152 valence electrons. The van der Waals surface area contributed by atoms with Gasteiger partial charge >= 0.3 is 0 Å². The minimum atomic E-state index is -0.397. The number of aromatic nitrogens is 3. The van der Waals surface area contributed by atoms with E-state index in [9.17, 15) is 9.59 Å². The fourth-order valence-corrected chi connectivity index (χ4v) is 3.79. The zero-order chi connectivity index (χ0) is 20.8. The van der Waals surface area contributed by atoms with E-state index in [2.05, 4.69) is 10.4 Å². The minimum Gasteiger partial charge on any atom is -0.486 e. The van der Waals surface area contributed by atoms with Gasteiger partial charge in [-0.15, -0.1) is 0 Å². The molecule has 0 bridgehead atoms. The maximum absolute atomic E-state index is 13.1. The van der Waals surface area contributed by atoms with Crippen molar-refractivity contribution < 1.29 is 14.3 Å². The second kappa shape index (κ2) is 7.07. The number of carbonyl (C=O) groups is 1. The molecule has 5 rings (SSSR count). The average Bonchev–Trinajstić information content (AvgIpc) is 3.13. The van der Waals surface area contributed by atoms with Crippen molar-refractivity contribution in [2.75, 3.05) is 18.5 Å². The van der Waals surface area contributed by atoms with Gasteiger partial charge in [0.05, 0.1) is 27.3 Å². The van der Waals surface area contributed by atoms with E-state index >= 15 is 0 Å². The van der Waals surface area contributed by atoms with Crippen molar-refractivity contribution in [3.8, 4) is 11.5 Å². The summed E-state index contributed by atoms with van der Waals surface area (Å²) in [4.78, 5) is 25.9. The van der Waals surface area contributed by atoms with Crippen LogP contribution in [0.2, 0.25) is 5.02 Å². The number of nitrogens with one attached hydrogen (secondary N) is 1. The van der Waals surface area contributed by atoms with E-state index < -0.39 is 5.91 Å². The number of nitrogens with zero attached hydrogens (tertiary/aromatic N) is 3. The Morgan fingerprint density at radius 3 is 2.70 bits per heavy atom. The Morgan fingerprint density at radius 2 is 1.90 bits per heavy atom. The third-order valence-corrected chi connectivity index (χ3v) is 5.22. The van der Waals surface area contributed by atoms with Gasteiger partial charge in [-0.3, -0.25) is 14.2 Å². The summed E-state index contributed by atoms with van der Waals surface area (Å²) in [7, 11) is 0. The van der Waals surface area contributed by atoms with Gasteiger partial charge in [-0.05, 0) is 19.1 Å². The molecule has 0 saturated heterocycles. The standard InChI is InChI=1S/C21H17ClN4O4/c1-12-8-20-25(21(28)13-4-2-3-5-16(13)26(20)24-12)11-19(27)23-15-10-18-17(9-14(15)22)29-6-7-30-18/h2-5,8-10H,6-7,11H2,1H3,(H,23,27). The average molecular weight is 425 g/mol. The molecule has 0 radical (unpaired) electrons. The van der Waals surface area contributed by atoms with Crippen molar-refractivity contribution in [3.63, 3.8) is 0 Å². The molecular weight excluding hydrogens is 408 g/mol. The van der Waals surface area contributed by atoms with E-state index in [1.54, 1.807) is 34.8 Å². The first-order valence-corrected chi connectivity index (χ1v) is 9.76. The molecule has 4 aromatic rings. The number of para-hydroxylation sites is 1. The number of hydrogen-bond donors (Lipinski definition) is 1. The van der Waals surface area contributed by atoms with Gasteiger partial charge in [0.25, 0.3) is 5.56 Å². The predicted molar refractivity (Wildman–Crippen MR) is 113 cm³/mol. The quantitative estimate of drug-likeness (QED) is 0.546. The van der Waals surface area contributed by atoms with Gasteiger partial charge in [-0.2, -0.15) is 5.10 Å². The van der Waals surface area contributed by atoms with Crippen LogP contribution in [0.15, 0.2) is 47.3 Å². The first-order valence-electron chi connectivity index (χ1n) is 9.38. The summed E-state index contributed by atoms with van der Waals surface area (Å²) in [5.41, 5.74) is 2.11. The fraction of sp³-hybridized carbons (Fsp3) is 0.190. The summed E-state index contributed by atoms with van der Waals surface area (Å²) in [5, 5.41) is 8.04. The van der Waals surface area contributed by atoms with Gasteiger partial charge < -0.3 is 14.8 Å². The largest absolute Gasteiger partial charge is 0.486 e.